The van der Waals surface area contributed by atoms with Crippen molar-refractivity contribution in [2.45, 2.75) is 82.8 Å². The van der Waals surface area contributed by atoms with Crippen LogP contribution in [0.3, 0.4) is 0 Å². The van der Waals surface area contributed by atoms with E-state index in [0.717, 1.165) is 19.3 Å². The van der Waals surface area contributed by atoms with Gasteiger partial charge in [-0.2, -0.15) is 8.42 Å². The lowest BCUT2D eigenvalue weighted by atomic mass is 10.1. The molecule has 1 amide bonds. The molecule has 2 aromatic rings. The van der Waals surface area contributed by atoms with Crippen LogP contribution in [0.4, 0.5) is 5.82 Å². The monoisotopic (exact) mass is 544 g/mol. The van der Waals surface area contributed by atoms with Gasteiger partial charge in [-0.25, -0.2) is 19.7 Å². The van der Waals surface area contributed by atoms with Crippen molar-refractivity contribution < 1.29 is 37.1 Å². The van der Waals surface area contributed by atoms with E-state index in [9.17, 15) is 23.4 Å². The number of aliphatic hydroxyl groups excluding tert-OH is 2. The third kappa shape index (κ3) is 8.28. The number of anilines is 1. The normalized spacial score (nSPS) is 22.0. The van der Waals surface area contributed by atoms with Gasteiger partial charge in [0.25, 0.3) is 5.91 Å². The van der Waals surface area contributed by atoms with E-state index in [1.807, 2.05) is 0 Å². The third-order valence-corrected chi connectivity index (χ3v) is 6.92. The molecular formula is C22H36N6O8S. The van der Waals surface area contributed by atoms with Crippen LogP contribution in [-0.4, -0.2) is 82.2 Å². The predicted molar refractivity (Wildman–Crippen MR) is 132 cm³/mol. The number of fused-ring (bicyclic) bond motifs is 1. The topological polar surface area (TPSA) is 201 Å². The number of unbranched alkanes of at least 4 members (excludes halogenated alkanes) is 7. The van der Waals surface area contributed by atoms with Gasteiger partial charge in [-0.05, 0) is 6.42 Å². The van der Waals surface area contributed by atoms with Gasteiger partial charge in [0.15, 0.2) is 17.7 Å². The van der Waals surface area contributed by atoms with Gasteiger partial charge in [0, 0.05) is 6.61 Å². The van der Waals surface area contributed by atoms with Crippen LogP contribution in [0.25, 0.3) is 11.2 Å². The van der Waals surface area contributed by atoms with E-state index in [4.69, 9.17) is 19.4 Å². The van der Waals surface area contributed by atoms with Gasteiger partial charge >= 0.3 is 10.3 Å². The zero-order chi connectivity index (χ0) is 26.8. The Balaban J connectivity index is 1.38. The van der Waals surface area contributed by atoms with Crippen LogP contribution < -0.4 is 10.5 Å². The second-order valence-electron chi connectivity index (χ2n) is 8.92. The standard InChI is InChI=1S/C22H36N6O8S/c1-2-3-4-5-6-7-8-9-10-34-12-16(29)27-37(32,33)35-11-15-18(30)19(31)22(36-15)28-14-26-17-20(23)24-13-25-21(17)28/h13-15,18-19,22,30-31H,2-12H2,1H3,(H,27,29)(H2,23,24,25)/t15-,18-,19-,22-/m1/s1. The minimum atomic E-state index is -4.49. The lowest BCUT2D eigenvalue weighted by Crippen LogP contribution is -2.39. The van der Waals surface area contributed by atoms with Crippen molar-refractivity contribution in [2.75, 3.05) is 25.6 Å². The number of hydrogen-bond acceptors (Lipinski definition) is 12. The number of aromatic nitrogens is 4. The number of rotatable bonds is 16. The summed E-state index contributed by atoms with van der Waals surface area (Å²) < 4.78 is 43.0. The van der Waals surface area contributed by atoms with E-state index in [2.05, 4.69) is 21.9 Å². The summed E-state index contributed by atoms with van der Waals surface area (Å²) in [4.78, 5) is 23.9. The summed E-state index contributed by atoms with van der Waals surface area (Å²) >= 11 is 0. The Morgan fingerprint density at radius 2 is 1.81 bits per heavy atom. The number of nitrogen functional groups attached to an aromatic ring is 1. The fourth-order valence-corrected chi connectivity index (χ4v) is 4.72. The summed E-state index contributed by atoms with van der Waals surface area (Å²) in [6.07, 6.45) is 6.25. The first-order valence-electron chi connectivity index (χ1n) is 12.5. The van der Waals surface area contributed by atoms with Crippen molar-refractivity contribution in [3.63, 3.8) is 0 Å². The van der Waals surface area contributed by atoms with Crippen LogP contribution in [0.2, 0.25) is 0 Å². The Bertz CT molecular complexity index is 1110. The third-order valence-electron chi connectivity index (χ3n) is 6.00. The van der Waals surface area contributed by atoms with Gasteiger partial charge in [0.05, 0.1) is 12.9 Å². The minimum absolute atomic E-state index is 0.125. The van der Waals surface area contributed by atoms with Gasteiger partial charge in [-0.1, -0.05) is 51.9 Å². The number of amides is 1. The molecule has 15 heteroatoms. The van der Waals surface area contributed by atoms with Crippen molar-refractivity contribution >= 4 is 33.2 Å². The van der Waals surface area contributed by atoms with E-state index in [-0.39, 0.29) is 17.0 Å². The minimum Gasteiger partial charge on any atom is -0.387 e. The fraction of sp³-hybridized carbons (Fsp3) is 0.727. The molecule has 4 atom stereocenters. The summed E-state index contributed by atoms with van der Waals surface area (Å²) in [6.45, 7) is 1.45. The largest absolute Gasteiger partial charge is 0.387 e. The van der Waals surface area contributed by atoms with E-state index >= 15 is 0 Å². The maximum Gasteiger partial charge on any atom is 0.362 e. The Labute approximate surface area is 215 Å². The quantitative estimate of drug-likeness (QED) is 0.214. The van der Waals surface area contributed by atoms with Gasteiger partial charge in [0.1, 0.15) is 36.8 Å². The van der Waals surface area contributed by atoms with Crippen LogP contribution in [0.1, 0.15) is 64.5 Å². The summed E-state index contributed by atoms with van der Waals surface area (Å²) in [5.74, 6) is -0.757. The average molecular weight is 545 g/mol. The summed E-state index contributed by atoms with van der Waals surface area (Å²) in [5.41, 5.74) is 6.30. The molecule has 1 saturated heterocycles. The second-order valence-corrected chi connectivity index (χ2v) is 10.3. The highest BCUT2D eigenvalue weighted by molar-refractivity contribution is 7.85. The number of ether oxygens (including phenoxy) is 2. The molecule has 0 unspecified atom stereocenters. The Morgan fingerprint density at radius 3 is 2.54 bits per heavy atom. The second kappa shape index (κ2) is 13.9. The Morgan fingerprint density at radius 1 is 1.11 bits per heavy atom. The lowest BCUT2D eigenvalue weighted by Gasteiger charge is -2.16. The molecule has 208 valence electrons. The molecule has 2 aromatic heterocycles. The SMILES string of the molecule is CCCCCCCCCCOCC(=O)NS(=O)(=O)OC[C@H]1O[C@@H](n2cnc3c(N)ncnc32)[C@H](O)[C@@H]1O. The highest BCUT2D eigenvalue weighted by Crippen LogP contribution is 2.32. The first-order valence-corrected chi connectivity index (χ1v) is 13.9. The number of nitrogens with one attached hydrogen (secondary N) is 1. The fourth-order valence-electron chi connectivity index (χ4n) is 4.01. The Hall–Kier alpha value is -2.43. The molecule has 3 heterocycles. The summed E-state index contributed by atoms with van der Waals surface area (Å²) in [7, 11) is -4.49. The first kappa shape index (κ1) is 29.1. The number of nitrogens with two attached hydrogens (primary N) is 1. The van der Waals surface area contributed by atoms with E-state index in [0.29, 0.717) is 6.61 Å². The number of imidazole rings is 1. The van der Waals surface area contributed by atoms with E-state index in [1.54, 1.807) is 4.72 Å². The van der Waals surface area contributed by atoms with E-state index in [1.165, 1.54) is 49.3 Å². The molecule has 3 rings (SSSR count). The zero-order valence-corrected chi connectivity index (χ0v) is 21.7. The lowest BCUT2D eigenvalue weighted by molar-refractivity contribution is -0.124. The van der Waals surface area contributed by atoms with Crippen molar-refractivity contribution in [3.05, 3.63) is 12.7 Å². The molecular weight excluding hydrogens is 508 g/mol. The molecule has 1 aliphatic heterocycles. The zero-order valence-electron chi connectivity index (χ0n) is 20.9. The molecule has 0 bridgehead atoms. The van der Waals surface area contributed by atoms with Gasteiger partial charge in [0.2, 0.25) is 0 Å². The number of carbonyl (C=O) groups excluding carboxylic acids is 1. The molecule has 14 nitrogen and oxygen atoms in total. The molecule has 0 spiro atoms. The number of aliphatic hydroxyl groups is 2. The van der Waals surface area contributed by atoms with Crippen LogP contribution in [0, 0.1) is 0 Å². The van der Waals surface area contributed by atoms with E-state index < -0.39 is 54.0 Å². The number of carbonyl (C=O) groups is 1. The van der Waals surface area contributed by atoms with Crippen molar-refractivity contribution in [1.82, 2.24) is 24.2 Å². The molecule has 0 aromatic carbocycles. The van der Waals surface area contributed by atoms with Crippen LogP contribution in [0.15, 0.2) is 12.7 Å². The van der Waals surface area contributed by atoms with Crippen molar-refractivity contribution in [2.24, 2.45) is 0 Å². The summed E-state index contributed by atoms with van der Waals surface area (Å²) in [5, 5.41) is 20.8. The smallest absolute Gasteiger partial charge is 0.362 e. The highest BCUT2D eigenvalue weighted by Gasteiger charge is 2.45. The van der Waals surface area contributed by atoms with Gasteiger partial charge < -0.3 is 25.4 Å². The van der Waals surface area contributed by atoms with Crippen molar-refractivity contribution in [3.8, 4) is 0 Å². The summed E-state index contributed by atoms with van der Waals surface area (Å²) in [6, 6.07) is 0. The molecule has 0 saturated carbocycles. The molecule has 1 fully saturated rings. The Kier molecular flexibility index (Phi) is 11.0. The number of hydrogen-bond donors (Lipinski definition) is 4. The van der Waals surface area contributed by atoms with Crippen LogP contribution in [-0.2, 0) is 28.8 Å². The van der Waals surface area contributed by atoms with Crippen LogP contribution in [0.5, 0.6) is 0 Å². The molecule has 0 radical (unpaired) electrons. The molecule has 5 N–H and O–H groups in total. The van der Waals surface area contributed by atoms with Crippen molar-refractivity contribution in [1.29, 1.82) is 0 Å². The van der Waals surface area contributed by atoms with Crippen LogP contribution >= 0.6 is 0 Å². The van der Waals surface area contributed by atoms with Gasteiger partial charge in [-0.15, -0.1) is 0 Å². The molecule has 37 heavy (non-hydrogen) atoms. The molecule has 1 aliphatic rings. The maximum atomic E-state index is 12.1. The van der Waals surface area contributed by atoms with Gasteiger partial charge in [-0.3, -0.25) is 13.5 Å². The molecule has 0 aliphatic carbocycles. The maximum absolute atomic E-state index is 12.1. The predicted octanol–water partition coefficient (Wildman–Crippen LogP) is 0.563. The number of nitrogens with zero attached hydrogens (tertiary/aromatic N) is 4. The first-order chi connectivity index (χ1) is 17.7. The average Bonchev–Trinajstić information content (AvgIpc) is 3.40. The highest BCUT2D eigenvalue weighted by atomic mass is 32.2.